The van der Waals surface area contributed by atoms with Crippen molar-refractivity contribution in [3.63, 3.8) is 0 Å². The van der Waals surface area contributed by atoms with Gasteiger partial charge in [0.15, 0.2) is 0 Å². The highest BCUT2D eigenvalue weighted by Crippen LogP contribution is 2.48. The van der Waals surface area contributed by atoms with E-state index >= 15 is 0 Å². The zero-order valence-electron chi connectivity index (χ0n) is 24.8. The molecule has 3 saturated heterocycles. The first-order chi connectivity index (χ1) is 20.3. The van der Waals surface area contributed by atoms with Crippen LogP contribution in [0.4, 0.5) is 22.4 Å². The van der Waals surface area contributed by atoms with Crippen molar-refractivity contribution in [3.05, 3.63) is 35.6 Å². The van der Waals surface area contributed by atoms with Crippen LogP contribution in [0.2, 0.25) is 0 Å². The fourth-order valence-corrected chi connectivity index (χ4v) is 7.59. The summed E-state index contributed by atoms with van der Waals surface area (Å²) in [7, 11) is 0. The van der Waals surface area contributed by atoms with Gasteiger partial charge in [-0.1, -0.05) is 31.4 Å². The molecule has 0 aromatic heterocycles. The van der Waals surface area contributed by atoms with Crippen molar-refractivity contribution in [1.29, 1.82) is 0 Å². The summed E-state index contributed by atoms with van der Waals surface area (Å²) in [6, 6.07) is 5.80. The van der Waals surface area contributed by atoms with Crippen LogP contribution in [-0.4, -0.2) is 83.9 Å². The molecule has 0 unspecified atom stereocenters. The number of carbonyl (C=O) groups is 3. The Morgan fingerprint density at radius 1 is 1.00 bits per heavy atom. The molecule has 0 spiro atoms. The van der Waals surface area contributed by atoms with E-state index in [4.69, 9.17) is 4.74 Å². The van der Waals surface area contributed by atoms with Crippen molar-refractivity contribution >= 4 is 18.0 Å². The molecular weight excluding hydrogens is 570 g/mol. The van der Waals surface area contributed by atoms with Gasteiger partial charge < -0.3 is 14.5 Å². The third-order valence-electron chi connectivity index (χ3n) is 10.1. The van der Waals surface area contributed by atoms with E-state index in [9.17, 15) is 31.9 Å². The van der Waals surface area contributed by atoms with Crippen molar-refractivity contribution in [2.24, 2.45) is 17.3 Å². The Hall–Kier alpha value is -2.89. The molecule has 0 bridgehead atoms. The molecule has 2 atom stereocenters. The molecule has 1 aromatic rings. The zero-order chi connectivity index (χ0) is 31.0. The number of alkyl halides is 3. The maximum Gasteiger partial charge on any atom is 0.492 e. The highest BCUT2D eigenvalue weighted by Gasteiger charge is 2.50. The van der Waals surface area contributed by atoms with Crippen molar-refractivity contribution in [1.82, 2.24) is 14.9 Å². The Morgan fingerprint density at radius 2 is 1.65 bits per heavy atom. The van der Waals surface area contributed by atoms with E-state index in [1.54, 1.807) is 17.0 Å². The summed E-state index contributed by atoms with van der Waals surface area (Å²) >= 11 is 0. The van der Waals surface area contributed by atoms with Gasteiger partial charge in [0.1, 0.15) is 12.4 Å². The number of rotatable bonds is 6. The molecule has 238 valence electrons. The Morgan fingerprint density at radius 3 is 2.23 bits per heavy atom. The topological polar surface area (TPSA) is 79.4 Å². The van der Waals surface area contributed by atoms with Crippen LogP contribution in [0.3, 0.4) is 0 Å². The number of halogens is 4. The predicted molar refractivity (Wildman–Crippen MR) is 148 cm³/mol. The zero-order valence-corrected chi connectivity index (χ0v) is 24.8. The second-order valence-corrected chi connectivity index (χ2v) is 13.3. The molecule has 12 heteroatoms. The summed E-state index contributed by atoms with van der Waals surface area (Å²) in [5.41, 5.74) is 0.118. The lowest BCUT2D eigenvalue weighted by atomic mass is 9.63. The van der Waals surface area contributed by atoms with Crippen LogP contribution >= 0.6 is 0 Å². The number of carbonyl (C=O) groups excluding carboxylic acids is 3. The SMILES string of the molecule is CC1(C)COC(=O)N1CC1(C2CCCCC2)CCN(C(=O)[C@@H]2CN(OC(=O)C(F)(F)F)CC[C@H]2c2ccc(F)cc2)CC1. The first-order valence-electron chi connectivity index (χ1n) is 15.3. The van der Waals surface area contributed by atoms with Crippen molar-refractivity contribution in [3.8, 4) is 0 Å². The van der Waals surface area contributed by atoms with Crippen LogP contribution in [0.25, 0.3) is 0 Å². The van der Waals surface area contributed by atoms with E-state index in [1.165, 1.54) is 18.6 Å². The van der Waals surface area contributed by atoms with Crippen molar-refractivity contribution in [2.75, 3.05) is 39.3 Å². The minimum atomic E-state index is -5.15. The fourth-order valence-electron chi connectivity index (χ4n) is 7.59. The van der Waals surface area contributed by atoms with Gasteiger partial charge in [0.2, 0.25) is 5.91 Å². The lowest BCUT2D eigenvalue weighted by molar-refractivity contribution is -0.244. The summed E-state index contributed by atoms with van der Waals surface area (Å²) in [5, 5.41) is 0.926. The van der Waals surface area contributed by atoms with Crippen molar-refractivity contribution < 1.29 is 41.5 Å². The number of amides is 2. The van der Waals surface area contributed by atoms with E-state index in [0.717, 1.165) is 30.7 Å². The molecule has 2 amide bonds. The smallest absolute Gasteiger partial charge is 0.447 e. The Labute approximate surface area is 249 Å². The summed E-state index contributed by atoms with van der Waals surface area (Å²) < 4.78 is 57.9. The number of likely N-dealkylation sites (tertiary alicyclic amines) is 1. The maximum absolute atomic E-state index is 14.1. The highest BCUT2D eigenvalue weighted by molar-refractivity contribution is 5.81. The van der Waals surface area contributed by atoms with Gasteiger partial charge in [-0.3, -0.25) is 9.69 Å². The van der Waals surface area contributed by atoms with E-state index in [-0.39, 0.29) is 42.8 Å². The molecule has 0 N–H and O–H groups in total. The molecule has 5 rings (SSSR count). The van der Waals surface area contributed by atoms with E-state index in [2.05, 4.69) is 4.84 Å². The van der Waals surface area contributed by atoms with Gasteiger partial charge in [0.25, 0.3) is 0 Å². The minimum absolute atomic E-state index is 0.0140. The van der Waals surface area contributed by atoms with Gasteiger partial charge >= 0.3 is 18.2 Å². The normalized spacial score (nSPS) is 26.7. The second kappa shape index (κ2) is 12.2. The lowest BCUT2D eigenvalue weighted by Crippen LogP contribution is -2.56. The van der Waals surface area contributed by atoms with Gasteiger partial charge in [-0.15, -0.1) is 5.06 Å². The Kier molecular flexibility index (Phi) is 8.98. The lowest BCUT2D eigenvalue weighted by Gasteiger charge is -2.51. The average Bonchev–Trinajstić information content (AvgIpc) is 3.24. The van der Waals surface area contributed by atoms with Crippen LogP contribution in [0.1, 0.15) is 76.7 Å². The van der Waals surface area contributed by atoms with E-state index in [0.29, 0.717) is 50.6 Å². The molecule has 8 nitrogen and oxygen atoms in total. The monoisotopic (exact) mass is 611 g/mol. The summed E-state index contributed by atoms with van der Waals surface area (Å²) in [5.74, 6) is -3.71. The third-order valence-corrected chi connectivity index (χ3v) is 10.1. The molecule has 1 saturated carbocycles. The molecule has 4 aliphatic rings. The quantitative estimate of drug-likeness (QED) is 0.386. The number of nitrogens with zero attached hydrogens (tertiary/aromatic N) is 3. The highest BCUT2D eigenvalue weighted by atomic mass is 19.4. The van der Waals surface area contributed by atoms with Crippen LogP contribution in [-0.2, 0) is 19.2 Å². The molecule has 1 aliphatic carbocycles. The predicted octanol–water partition coefficient (Wildman–Crippen LogP) is 5.67. The first kappa shape index (κ1) is 31.5. The third kappa shape index (κ3) is 6.78. The summed E-state index contributed by atoms with van der Waals surface area (Å²) in [6.07, 6.45) is 1.81. The minimum Gasteiger partial charge on any atom is -0.447 e. The van der Waals surface area contributed by atoms with Crippen molar-refractivity contribution in [2.45, 2.75) is 82.8 Å². The molecular formula is C31H41F4N3O5. The molecule has 43 heavy (non-hydrogen) atoms. The van der Waals surface area contributed by atoms with Gasteiger partial charge in [0, 0.05) is 32.7 Å². The van der Waals surface area contributed by atoms with Crippen LogP contribution in [0, 0.1) is 23.1 Å². The van der Waals surface area contributed by atoms with Gasteiger partial charge in [-0.25, -0.2) is 14.0 Å². The number of hydroxylamine groups is 2. The number of piperidine rings is 2. The Balaban J connectivity index is 1.34. The van der Waals surface area contributed by atoms with E-state index in [1.807, 2.05) is 18.7 Å². The second-order valence-electron chi connectivity index (χ2n) is 13.3. The standard InChI is InChI=1S/C31H41F4N3O5/c1-29(2)20-42-28(41)38(29)19-30(22-6-4-3-5-7-22)13-16-36(17-14-30)26(39)25-18-37(43-27(40)31(33,34)35)15-12-24(25)21-8-10-23(32)11-9-21/h8-11,22,24-25H,3-7,12-20H2,1-2H3/t24-,25+/m0/s1. The average molecular weight is 612 g/mol. The molecule has 1 aromatic carbocycles. The van der Waals surface area contributed by atoms with Gasteiger partial charge in [-0.2, -0.15) is 13.2 Å². The first-order valence-corrected chi connectivity index (χ1v) is 15.3. The molecule has 4 fully saturated rings. The molecule has 3 heterocycles. The number of hydrogen-bond donors (Lipinski definition) is 0. The maximum atomic E-state index is 14.1. The van der Waals surface area contributed by atoms with Crippen LogP contribution in [0.5, 0.6) is 0 Å². The fraction of sp³-hybridized carbons (Fsp3) is 0.710. The molecule has 3 aliphatic heterocycles. The molecule has 0 radical (unpaired) electrons. The van der Waals surface area contributed by atoms with Crippen LogP contribution in [0.15, 0.2) is 24.3 Å². The van der Waals surface area contributed by atoms with Crippen LogP contribution < -0.4 is 0 Å². The van der Waals surface area contributed by atoms with Gasteiger partial charge in [-0.05, 0) is 80.9 Å². The van der Waals surface area contributed by atoms with E-state index < -0.39 is 29.4 Å². The van der Waals surface area contributed by atoms with Gasteiger partial charge in [0.05, 0.1) is 11.5 Å². The summed E-state index contributed by atoms with van der Waals surface area (Å²) in [6.45, 7) is 5.62. The summed E-state index contributed by atoms with van der Waals surface area (Å²) in [4.78, 5) is 46.6. The number of hydrogen-bond acceptors (Lipinski definition) is 6. The number of benzene rings is 1. The Bertz CT molecular complexity index is 1180. The number of cyclic esters (lactones) is 1. The number of ether oxygens (including phenoxy) is 1. The largest absolute Gasteiger partial charge is 0.492 e.